The summed E-state index contributed by atoms with van der Waals surface area (Å²) in [6, 6.07) is 6.55. The number of amidine groups is 1. The van der Waals surface area contributed by atoms with E-state index in [1.165, 1.54) is 0 Å². The van der Waals surface area contributed by atoms with Crippen LogP contribution in [-0.2, 0) is 6.54 Å². The average Bonchev–Trinajstić information content (AvgIpc) is 2.98. The maximum Gasteiger partial charge on any atom is 0.253 e. The van der Waals surface area contributed by atoms with Crippen molar-refractivity contribution in [2.45, 2.75) is 6.54 Å². The van der Waals surface area contributed by atoms with Gasteiger partial charge in [0.15, 0.2) is 5.84 Å². The quantitative estimate of drug-likeness (QED) is 0.331. The molecule has 20 heavy (non-hydrogen) atoms. The summed E-state index contributed by atoms with van der Waals surface area (Å²) >= 11 is 0. The molecule has 1 heterocycles. The Morgan fingerprint density at radius 1 is 1.40 bits per heavy atom. The van der Waals surface area contributed by atoms with E-state index in [9.17, 15) is 4.79 Å². The fraction of sp³-hybridized carbons (Fsp3) is 0.154. The summed E-state index contributed by atoms with van der Waals surface area (Å²) in [5, 5.41) is 18.0. The number of rotatable bonds is 4. The Labute approximate surface area is 115 Å². The lowest BCUT2D eigenvalue weighted by atomic mass is 10.1. The predicted octanol–water partition coefficient (Wildman–Crippen LogP) is 0.776. The van der Waals surface area contributed by atoms with Crippen molar-refractivity contribution < 1.29 is 10.0 Å². The van der Waals surface area contributed by atoms with Gasteiger partial charge in [-0.1, -0.05) is 17.3 Å². The number of hydrogen-bond donors (Lipinski definition) is 3. The van der Waals surface area contributed by atoms with Crippen LogP contribution in [0.25, 0.3) is 0 Å². The topological polar surface area (TPSA) is 108 Å². The molecule has 2 rings (SSSR count). The maximum atomic E-state index is 12.2. The van der Waals surface area contributed by atoms with E-state index in [-0.39, 0.29) is 11.7 Å². The van der Waals surface area contributed by atoms with Crippen LogP contribution in [0, 0.1) is 0 Å². The molecule has 0 unspecified atom stereocenters. The van der Waals surface area contributed by atoms with Crippen molar-refractivity contribution in [2.24, 2.45) is 10.9 Å². The highest BCUT2D eigenvalue weighted by Crippen LogP contribution is 2.09. The largest absolute Gasteiger partial charge is 0.409 e. The molecule has 1 aromatic heterocycles. The third-order valence-electron chi connectivity index (χ3n) is 2.86. The van der Waals surface area contributed by atoms with Gasteiger partial charge in [0.25, 0.3) is 5.91 Å². The number of H-pyrrole nitrogens is 1. The summed E-state index contributed by atoms with van der Waals surface area (Å²) < 4.78 is 0. The van der Waals surface area contributed by atoms with Gasteiger partial charge in [0.1, 0.15) is 0 Å². The summed E-state index contributed by atoms with van der Waals surface area (Å²) in [7, 11) is 1.72. The van der Waals surface area contributed by atoms with Gasteiger partial charge >= 0.3 is 0 Å². The Hall–Kier alpha value is -2.83. The lowest BCUT2D eigenvalue weighted by molar-refractivity contribution is 0.0785. The van der Waals surface area contributed by atoms with E-state index in [1.54, 1.807) is 48.6 Å². The highest BCUT2D eigenvalue weighted by Gasteiger charge is 2.12. The van der Waals surface area contributed by atoms with Gasteiger partial charge in [-0.2, -0.15) is 5.10 Å². The summed E-state index contributed by atoms with van der Waals surface area (Å²) in [5.74, 6) is -0.104. The fourth-order valence-electron chi connectivity index (χ4n) is 1.77. The Bertz CT molecular complexity index is 604. The van der Waals surface area contributed by atoms with Crippen molar-refractivity contribution in [3.63, 3.8) is 0 Å². The van der Waals surface area contributed by atoms with Crippen LogP contribution >= 0.6 is 0 Å². The van der Waals surface area contributed by atoms with Crippen molar-refractivity contribution in [1.29, 1.82) is 0 Å². The molecule has 0 saturated carbocycles. The van der Waals surface area contributed by atoms with Crippen molar-refractivity contribution >= 4 is 11.7 Å². The van der Waals surface area contributed by atoms with Gasteiger partial charge in [-0.25, -0.2) is 0 Å². The first-order valence-corrected chi connectivity index (χ1v) is 5.93. The Morgan fingerprint density at radius 3 is 2.60 bits per heavy atom. The van der Waals surface area contributed by atoms with Gasteiger partial charge in [0.2, 0.25) is 0 Å². The van der Waals surface area contributed by atoms with Crippen molar-refractivity contribution in [3.8, 4) is 0 Å². The molecule has 0 saturated heterocycles. The predicted molar refractivity (Wildman–Crippen MR) is 73.3 cm³/mol. The molecule has 0 aliphatic rings. The number of nitrogens with two attached hydrogens (primary N) is 1. The van der Waals surface area contributed by atoms with Crippen molar-refractivity contribution in [1.82, 2.24) is 15.1 Å². The highest BCUT2D eigenvalue weighted by atomic mass is 16.4. The van der Waals surface area contributed by atoms with E-state index in [4.69, 9.17) is 10.9 Å². The van der Waals surface area contributed by atoms with Gasteiger partial charge in [-0.15, -0.1) is 0 Å². The van der Waals surface area contributed by atoms with Crippen LogP contribution in [0.4, 0.5) is 0 Å². The monoisotopic (exact) mass is 273 g/mol. The van der Waals surface area contributed by atoms with E-state index in [2.05, 4.69) is 15.4 Å². The zero-order chi connectivity index (χ0) is 14.5. The number of aromatic nitrogens is 2. The lowest BCUT2D eigenvalue weighted by Gasteiger charge is -2.16. The third-order valence-corrected chi connectivity index (χ3v) is 2.86. The van der Waals surface area contributed by atoms with Gasteiger partial charge in [-0.05, 0) is 12.1 Å². The maximum absolute atomic E-state index is 12.2. The minimum Gasteiger partial charge on any atom is -0.409 e. The second-order valence-electron chi connectivity index (χ2n) is 4.33. The number of nitrogens with one attached hydrogen (secondary N) is 1. The second-order valence-corrected chi connectivity index (χ2v) is 4.33. The average molecular weight is 273 g/mol. The Kier molecular flexibility index (Phi) is 3.99. The van der Waals surface area contributed by atoms with Gasteiger partial charge in [0, 0.05) is 36.5 Å². The molecule has 1 amide bonds. The zero-order valence-corrected chi connectivity index (χ0v) is 10.9. The third kappa shape index (κ3) is 2.94. The van der Waals surface area contributed by atoms with Gasteiger partial charge in [0.05, 0.1) is 6.20 Å². The minimum absolute atomic E-state index is 0.00995. The molecule has 7 heteroatoms. The number of oxime groups is 1. The molecule has 104 valence electrons. The smallest absolute Gasteiger partial charge is 0.253 e. The summed E-state index contributed by atoms with van der Waals surface area (Å²) in [4.78, 5) is 13.8. The molecule has 2 aromatic rings. The SMILES string of the molecule is CN(Cc1cn[nH]c1)C(=O)c1ccc(C(N)=NO)cc1. The molecule has 1 aromatic carbocycles. The number of benzene rings is 1. The molecular formula is C13H15N5O2. The van der Waals surface area contributed by atoms with E-state index in [0.29, 0.717) is 17.7 Å². The molecule has 0 bridgehead atoms. The van der Waals surface area contributed by atoms with Crippen LogP contribution in [0.2, 0.25) is 0 Å². The molecule has 4 N–H and O–H groups in total. The first-order valence-electron chi connectivity index (χ1n) is 5.93. The number of carbonyl (C=O) groups excluding carboxylic acids is 1. The minimum atomic E-state index is -0.114. The molecule has 0 spiro atoms. The Balaban J connectivity index is 2.09. The van der Waals surface area contributed by atoms with Crippen LogP contribution in [0.15, 0.2) is 41.8 Å². The first kappa shape index (κ1) is 13.6. The van der Waals surface area contributed by atoms with Crippen LogP contribution < -0.4 is 5.73 Å². The number of nitrogens with zero attached hydrogens (tertiary/aromatic N) is 3. The number of amides is 1. The highest BCUT2D eigenvalue weighted by molar-refractivity contribution is 5.99. The number of carbonyl (C=O) groups is 1. The number of hydrogen-bond acceptors (Lipinski definition) is 4. The summed E-state index contributed by atoms with van der Waals surface area (Å²) in [6.07, 6.45) is 3.41. The van der Waals surface area contributed by atoms with Crippen molar-refractivity contribution in [2.75, 3.05) is 7.05 Å². The Morgan fingerprint density at radius 2 is 2.05 bits per heavy atom. The van der Waals surface area contributed by atoms with Crippen LogP contribution in [0.1, 0.15) is 21.5 Å². The van der Waals surface area contributed by atoms with E-state index in [1.807, 2.05) is 0 Å². The van der Waals surface area contributed by atoms with Crippen molar-refractivity contribution in [3.05, 3.63) is 53.3 Å². The van der Waals surface area contributed by atoms with Crippen LogP contribution in [-0.4, -0.2) is 39.1 Å². The molecule has 0 radical (unpaired) electrons. The zero-order valence-electron chi connectivity index (χ0n) is 10.9. The van der Waals surface area contributed by atoms with Gasteiger partial charge in [-0.3, -0.25) is 9.89 Å². The molecule has 0 fully saturated rings. The normalized spacial score (nSPS) is 11.3. The standard InChI is InChI=1S/C13H15N5O2/c1-18(8-9-6-15-16-7-9)13(19)11-4-2-10(3-5-11)12(14)17-20/h2-7,20H,8H2,1H3,(H2,14,17)(H,15,16). The van der Waals surface area contributed by atoms with Crippen LogP contribution in [0.3, 0.4) is 0 Å². The molecule has 0 aliphatic heterocycles. The number of aromatic amines is 1. The lowest BCUT2D eigenvalue weighted by Crippen LogP contribution is -2.26. The fourth-order valence-corrected chi connectivity index (χ4v) is 1.77. The summed E-state index contributed by atoms with van der Waals surface area (Å²) in [6.45, 7) is 0.470. The van der Waals surface area contributed by atoms with E-state index in [0.717, 1.165) is 5.56 Å². The first-order chi connectivity index (χ1) is 9.61. The molecule has 0 aliphatic carbocycles. The molecule has 0 atom stereocenters. The molecular weight excluding hydrogens is 258 g/mol. The molecule has 7 nitrogen and oxygen atoms in total. The van der Waals surface area contributed by atoms with E-state index >= 15 is 0 Å². The van der Waals surface area contributed by atoms with Gasteiger partial charge < -0.3 is 15.8 Å². The second kappa shape index (κ2) is 5.87. The summed E-state index contributed by atoms with van der Waals surface area (Å²) in [5.41, 5.74) is 7.48. The van der Waals surface area contributed by atoms with Crippen LogP contribution in [0.5, 0.6) is 0 Å². The van der Waals surface area contributed by atoms with E-state index < -0.39 is 0 Å².